The molecule has 0 unspecified atom stereocenters. The average Bonchev–Trinajstić information content (AvgIpc) is 2.77. The van der Waals surface area contributed by atoms with Crippen LogP contribution in [0.25, 0.3) is 0 Å². The molecule has 8 nitrogen and oxygen atoms in total. The predicted molar refractivity (Wildman–Crippen MR) is 49.4 cm³/mol. The number of nitrogen functional groups attached to an aromatic ring is 1. The molecule has 0 fully saturated rings. The molecule has 2 aromatic rings. The lowest BCUT2D eigenvalue weighted by Crippen LogP contribution is -2.07. The van der Waals surface area contributed by atoms with E-state index in [1.807, 2.05) is 0 Å². The van der Waals surface area contributed by atoms with Crippen molar-refractivity contribution >= 4 is 11.9 Å². The maximum Gasteiger partial charge on any atom is 0.243 e. The van der Waals surface area contributed by atoms with Crippen molar-refractivity contribution in [2.75, 3.05) is 17.6 Å². The zero-order chi connectivity index (χ0) is 9.80. The first-order chi connectivity index (χ1) is 6.84. The Balaban J connectivity index is 1.78. The Morgan fingerprint density at radius 3 is 3.00 bits per heavy atom. The molecular formula is C6H10N8. The molecule has 8 heteroatoms. The molecule has 2 aromatic heterocycles. The third kappa shape index (κ3) is 1.97. The van der Waals surface area contributed by atoms with E-state index in [1.165, 1.54) is 6.33 Å². The summed E-state index contributed by atoms with van der Waals surface area (Å²) < 4.78 is 0. The van der Waals surface area contributed by atoms with Crippen LogP contribution in [0.3, 0.4) is 0 Å². The zero-order valence-electron chi connectivity index (χ0n) is 7.36. The molecule has 0 bridgehead atoms. The summed E-state index contributed by atoms with van der Waals surface area (Å²) >= 11 is 0. The van der Waals surface area contributed by atoms with E-state index >= 15 is 0 Å². The highest BCUT2D eigenvalue weighted by atomic mass is 15.3. The number of nitrogens with zero attached hydrogens (tertiary/aromatic N) is 4. The van der Waals surface area contributed by atoms with Gasteiger partial charge < -0.3 is 11.1 Å². The summed E-state index contributed by atoms with van der Waals surface area (Å²) in [5, 5.41) is 15.8. The van der Waals surface area contributed by atoms with Crippen molar-refractivity contribution in [3.8, 4) is 0 Å². The smallest absolute Gasteiger partial charge is 0.243 e. The third-order valence-electron chi connectivity index (χ3n) is 1.61. The second-order valence-electron chi connectivity index (χ2n) is 2.65. The molecule has 0 aliphatic heterocycles. The van der Waals surface area contributed by atoms with E-state index in [4.69, 9.17) is 5.73 Å². The first kappa shape index (κ1) is 8.48. The molecule has 0 radical (unpaired) electrons. The first-order valence-corrected chi connectivity index (χ1v) is 4.10. The van der Waals surface area contributed by atoms with E-state index in [-0.39, 0.29) is 0 Å². The molecule has 0 amide bonds. The van der Waals surface area contributed by atoms with Gasteiger partial charge in [-0.15, -0.1) is 5.10 Å². The van der Waals surface area contributed by atoms with Crippen LogP contribution in [0.1, 0.15) is 5.82 Å². The second-order valence-corrected chi connectivity index (χ2v) is 2.65. The standard InChI is InChI=1S/C6H10N8/c7-5-11-6(14-13-5)8-2-1-4-9-3-10-12-4/h3H,1-2H2,(H,9,10,12)(H4,7,8,11,13,14). The summed E-state index contributed by atoms with van der Waals surface area (Å²) in [4.78, 5) is 7.86. The highest BCUT2D eigenvalue weighted by molar-refractivity contribution is 5.29. The Morgan fingerprint density at radius 2 is 2.36 bits per heavy atom. The van der Waals surface area contributed by atoms with Crippen LogP contribution < -0.4 is 11.1 Å². The maximum absolute atomic E-state index is 5.35. The normalized spacial score (nSPS) is 10.3. The van der Waals surface area contributed by atoms with Crippen LogP contribution in [0, 0.1) is 0 Å². The van der Waals surface area contributed by atoms with Crippen LogP contribution in [0.15, 0.2) is 6.33 Å². The van der Waals surface area contributed by atoms with E-state index < -0.39 is 0 Å². The van der Waals surface area contributed by atoms with Crippen LogP contribution in [0.4, 0.5) is 11.9 Å². The summed E-state index contributed by atoms with van der Waals surface area (Å²) in [6, 6.07) is 0. The summed E-state index contributed by atoms with van der Waals surface area (Å²) in [7, 11) is 0. The summed E-state index contributed by atoms with van der Waals surface area (Å²) in [5.41, 5.74) is 5.35. The lowest BCUT2D eigenvalue weighted by atomic mass is 10.4. The number of anilines is 2. The zero-order valence-corrected chi connectivity index (χ0v) is 7.36. The SMILES string of the molecule is Nc1nc(NCCc2ncn[nH]2)n[nH]1. The van der Waals surface area contributed by atoms with Gasteiger partial charge in [-0.1, -0.05) is 0 Å². The number of hydrogen-bond acceptors (Lipinski definition) is 6. The van der Waals surface area contributed by atoms with E-state index in [9.17, 15) is 0 Å². The van der Waals surface area contributed by atoms with Crippen LogP contribution in [0.5, 0.6) is 0 Å². The molecule has 14 heavy (non-hydrogen) atoms. The molecule has 0 aromatic carbocycles. The molecule has 0 spiro atoms. The number of rotatable bonds is 4. The van der Waals surface area contributed by atoms with Gasteiger partial charge in [0.15, 0.2) is 0 Å². The monoisotopic (exact) mass is 194 g/mol. The minimum Gasteiger partial charge on any atom is -0.368 e. The Bertz CT molecular complexity index is 376. The van der Waals surface area contributed by atoms with Crippen LogP contribution in [-0.2, 0) is 6.42 Å². The summed E-state index contributed by atoms with van der Waals surface area (Å²) in [5.74, 6) is 1.61. The van der Waals surface area contributed by atoms with Gasteiger partial charge in [0.1, 0.15) is 12.2 Å². The van der Waals surface area contributed by atoms with Gasteiger partial charge in [-0.3, -0.25) is 5.10 Å². The van der Waals surface area contributed by atoms with Gasteiger partial charge in [0.05, 0.1) is 0 Å². The first-order valence-electron chi connectivity index (χ1n) is 4.10. The molecule has 2 heterocycles. The molecule has 5 N–H and O–H groups in total. The molecule has 74 valence electrons. The average molecular weight is 194 g/mol. The predicted octanol–water partition coefficient (Wildman–Crippen LogP) is -0.840. The highest BCUT2D eigenvalue weighted by Gasteiger charge is 1.99. The van der Waals surface area contributed by atoms with Gasteiger partial charge in [0.25, 0.3) is 0 Å². The molecular weight excluding hydrogens is 184 g/mol. The van der Waals surface area contributed by atoms with Gasteiger partial charge in [-0.25, -0.2) is 10.1 Å². The third-order valence-corrected chi connectivity index (χ3v) is 1.61. The van der Waals surface area contributed by atoms with Gasteiger partial charge in [-0.2, -0.15) is 10.1 Å². The van der Waals surface area contributed by atoms with Gasteiger partial charge in [0, 0.05) is 13.0 Å². The molecule has 0 saturated carbocycles. The molecule has 0 saturated heterocycles. The Kier molecular flexibility index (Phi) is 2.26. The van der Waals surface area contributed by atoms with Crippen molar-refractivity contribution in [1.29, 1.82) is 0 Å². The topological polar surface area (TPSA) is 121 Å². The molecule has 0 aliphatic carbocycles. The number of H-pyrrole nitrogens is 2. The summed E-state index contributed by atoms with van der Waals surface area (Å²) in [6.07, 6.45) is 2.20. The maximum atomic E-state index is 5.35. The van der Waals surface area contributed by atoms with Gasteiger partial charge in [0.2, 0.25) is 11.9 Å². The van der Waals surface area contributed by atoms with Crippen molar-refractivity contribution in [2.24, 2.45) is 0 Å². The quantitative estimate of drug-likeness (QED) is 0.503. The van der Waals surface area contributed by atoms with Crippen LogP contribution in [0.2, 0.25) is 0 Å². The fraction of sp³-hybridized carbons (Fsp3) is 0.333. The molecule has 2 rings (SSSR count). The number of nitrogens with one attached hydrogen (secondary N) is 3. The van der Waals surface area contributed by atoms with Crippen LogP contribution in [-0.4, -0.2) is 36.9 Å². The Hall–Kier alpha value is -2.12. The van der Waals surface area contributed by atoms with Crippen LogP contribution >= 0.6 is 0 Å². The molecule has 0 atom stereocenters. The number of aromatic amines is 2. The van der Waals surface area contributed by atoms with Crippen molar-refractivity contribution in [2.45, 2.75) is 6.42 Å². The highest BCUT2D eigenvalue weighted by Crippen LogP contribution is 1.98. The van der Waals surface area contributed by atoms with E-state index in [0.29, 0.717) is 18.4 Å². The van der Waals surface area contributed by atoms with Crippen molar-refractivity contribution in [3.63, 3.8) is 0 Å². The minimum atomic E-state index is 0.298. The Morgan fingerprint density at radius 1 is 1.43 bits per heavy atom. The van der Waals surface area contributed by atoms with Gasteiger partial charge in [-0.05, 0) is 0 Å². The lowest BCUT2D eigenvalue weighted by molar-refractivity contribution is 0.891. The number of hydrogen-bond donors (Lipinski definition) is 4. The fourth-order valence-electron chi connectivity index (χ4n) is 0.997. The summed E-state index contributed by atoms with van der Waals surface area (Å²) in [6.45, 7) is 0.673. The largest absolute Gasteiger partial charge is 0.368 e. The van der Waals surface area contributed by atoms with Crippen molar-refractivity contribution in [3.05, 3.63) is 12.2 Å². The van der Waals surface area contributed by atoms with Crippen molar-refractivity contribution in [1.82, 2.24) is 30.4 Å². The van der Waals surface area contributed by atoms with E-state index in [0.717, 1.165) is 12.2 Å². The second kappa shape index (κ2) is 3.73. The minimum absolute atomic E-state index is 0.298. The van der Waals surface area contributed by atoms with Crippen molar-refractivity contribution < 1.29 is 0 Å². The van der Waals surface area contributed by atoms with Gasteiger partial charge >= 0.3 is 0 Å². The number of aromatic nitrogens is 6. The fourth-order valence-corrected chi connectivity index (χ4v) is 0.997. The Labute approximate surface area is 79.3 Å². The van der Waals surface area contributed by atoms with E-state index in [1.54, 1.807) is 0 Å². The lowest BCUT2D eigenvalue weighted by Gasteiger charge is -1.97. The number of nitrogens with two attached hydrogens (primary N) is 1. The molecule has 0 aliphatic rings. The van der Waals surface area contributed by atoms with E-state index in [2.05, 4.69) is 35.7 Å².